The van der Waals surface area contributed by atoms with E-state index in [1.54, 1.807) is 16.4 Å². The first kappa shape index (κ1) is 16.2. The van der Waals surface area contributed by atoms with Gasteiger partial charge in [0.1, 0.15) is 0 Å². The first-order valence-corrected chi connectivity index (χ1v) is 8.90. The number of thiocarbonyl (C=S) groups is 1. The molecule has 5 nitrogen and oxygen atoms in total. The Labute approximate surface area is 131 Å². The van der Waals surface area contributed by atoms with Crippen molar-refractivity contribution in [2.24, 2.45) is 5.73 Å². The van der Waals surface area contributed by atoms with Gasteiger partial charge in [-0.3, -0.25) is 4.72 Å². The van der Waals surface area contributed by atoms with Crippen molar-refractivity contribution in [3.63, 3.8) is 0 Å². The van der Waals surface area contributed by atoms with Crippen molar-refractivity contribution in [2.75, 3.05) is 11.3 Å². The van der Waals surface area contributed by atoms with Crippen LogP contribution in [0.4, 0.5) is 5.69 Å². The van der Waals surface area contributed by atoms with Gasteiger partial charge in [-0.25, -0.2) is 0 Å². The molecule has 1 saturated heterocycles. The molecule has 3 N–H and O–H groups in total. The van der Waals surface area contributed by atoms with Gasteiger partial charge in [-0.05, 0) is 37.5 Å². The fourth-order valence-electron chi connectivity index (χ4n) is 2.53. The van der Waals surface area contributed by atoms with Crippen molar-refractivity contribution in [2.45, 2.75) is 38.6 Å². The molecule has 0 bridgehead atoms. The summed E-state index contributed by atoms with van der Waals surface area (Å²) in [6.45, 7) is 2.53. The Morgan fingerprint density at radius 2 is 2.05 bits per heavy atom. The molecule has 1 aromatic rings. The minimum atomic E-state index is -3.49. The van der Waals surface area contributed by atoms with Crippen LogP contribution in [-0.4, -0.2) is 30.3 Å². The van der Waals surface area contributed by atoms with Crippen LogP contribution in [0.5, 0.6) is 0 Å². The number of hydrogen-bond donors (Lipinski definition) is 2. The van der Waals surface area contributed by atoms with Crippen LogP contribution in [0.2, 0.25) is 0 Å². The second-order valence-electron chi connectivity index (χ2n) is 5.40. The third-order valence-corrected chi connectivity index (χ3v) is 5.43. The van der Waals surface area contributed by atoms with Gasteiger partial charge in [0.25, 0.3) is 0 Å². The normalized spacial score (nSPS) is 20.1. The van der Waals surface area contributed by atoms with E-state index in [0.717, 1.165) is 24.8 Å². The van der Waals surface area contributed by atoms with Crippen molar-refractivity contribution in [1.82, 2.24) is 4.31 Å². The molecule has 0 spiro atoms. The minimum absolute atomic E-state index is 0.0464. The fourth-order valence-corrected chi connectivity index (χ4v) is 4.19. The molecule has 21 heavy (non-hydrogen) atoms. The summed E-state index contributed by atoms with van der Waals surface area (Å²) in [6.07, 6.45) is 3.43. The van der Waals surface area contributed by atoms with Crippen LogP contribution in [0, 0.1) is 0 Å². The number of nitrogens with zero attached hydrogens (tertiary/aromatic N) is 1. The molecule has 0 aromatic heterocycles. The number of anilines is 1. The number of hydrogen-bond acceptors (Lipinski definition) is 3. The van der Waals surface area contributed by atoms with Crippen molar-refractivity contribution >= 4 is 33.1 Å². The molecule has 1 aliphatic heterocycles. The van der Waals surface area contributed by atoms with E-state index in [1.165, 1.54) is 0 Å². The molecule has 116 valence electrons. The lowest BCUT2D eigenvalue weighted by atomic mass is 10.1. The molecule has 2 rings (SSSR count). The monoisotopic (exact) mass is 327 g/mol. The van der Waals surface area contributed by atoms with Crippen LogP contribution >= 0.6 is 12.2 Å². The molecule has 1 heterocycles. The van der Waals surface area contributed by atoms with Crippen molar-refractivity contribution < 1.29 is 8.42 Å². The van der Waals surface area contributed by atoms with Crippen molar-refractivity contribution in [1.29, 1.82) is 0 Å². The molecule has 0 amide bonds. The lowest BCUT2D eigenvalue weighted by Gasteiger charge is -2.32. The molecule has 7 heteroatoms. The second-order valence-corrected chi connectivity index (χ2v) is 7.55. The molecule has 1 aliphatic rings. The van der Waals surface area contributed by atoms with E-state index in [9.17, 15) is 8.42 Å². The molecular formula is C14H21N3O2S2. The summed E-state index contributed by atoms with van der Waals surface area (Å²) in [4.78, 5) is 0.422. The lowest BCUT2D eigenvalue weighted by molar-refractivity contribution is 0.270. The number of benzene rings is 1. The molecule has 1 aromatic carbocycles. The Morgan fingerprint density at radius 1 is 1.38 bits per heavy atom. The van der Waals surface area contributed by atoms with Gasteiger partial charge in [-0.2, -0.15) is 12.7 Å². The van der Waals surface area contributed by atoms with Crippen LogP contribution in [0.1, 0.15) is 31.7 Å². The van der Waals surface area contributed by atoms with E-state index in [0.29, 0.717) is 23.6 Å². The molecule has 1 atom stereocenters. The Hall–Kier alpha value is -1.18. The summed E-state index contributed by atoms with van der Waals surface area (Å²) >= 11 is 4.86. The van der Waals surface area contributed by atoms with E-state index in [1.807, 2.05) is 19.1 Å². The van der Waals surface area contributed by atoms with E-state index >= 15 is 0 Å². The van der Waals surface area contributed by atoms with Gasteiger partial charge in [0.15, 0.2) is 0 Å². The summed E-state index contributed by atoms with van der Waals surface area (Å²) in [5.41, 5.74) is 7.01. The van der Waals surface area contributed by atoms with E-state index in [2.05, 4.69) is 4.72 Å². The Kier molecular flexibility index (Phi) is 5.18. The molecule has 1 fully saturated rings. The van der Waals surface area contributed by atoms with Crippen LogP contribution in [-0.2, 0) is 16.6 Å². The molecule has 0 aliphatic carbocycles. The molecule has 1 unspecified atom stereocenters. The summed E-state index contributed by atoms with van der Waals surface area (Å²) in [5.74, 6) is 0. The zero-order chi connectivity index (χ0) is 15.5. The van der Waals surface area contributed by atoms with Crippen LogP contribution in [0.15, 0.2) is 24.3 Å². The van der Waals surface area contributed by atoms with Gasteiger partial charge in [0.05, 0.1) is 4.99 Å². The van der Waals surface area contributed by atoms with Crippen LogP contribution in [0.3, 0.4) is 0 Å². The topological polar surface area (TPSA) is 75.4 Å². The number of nitrogens with one attached hydrogen (secondary N) is 1. The third-order valence-electron chi connectivity index (χ3n) is 3.63. The third kappa shape index (κ3) is 4.39. The lowest BCUT2D eigenvalue weighted by Crippen LogP contribution is -2.44. The molecule has 0 radical (unpaired) electrons. The van der Waals surface area contributed by atoms with Gasteiger partial charge < -0.3 is 5.73 Å². The maximum absolute atomic E-state index is 12.4. The predicted molar refractivity (Wildman–Crippen MR) is 89.5 cm³/mol. The maximum Gasteiger partial charge on any atom is 0.301 e. The highest BCUT2D eigenvalue weighted by molar-refractivity contribution is 7.90. The predicted octanol–water partition coefficient (Wildman–Crippen LogP) is 2.05. The summed E-state index contributed by atoms with van der Waals surface area (Å²) < 4.78 is 29.0. The van der Waals surface area contributed by atoms with Gasteiger partial charge in [-0.1, -0.05) is 30.8 Å². The highest BCUT2D eigenvalue weighted by Gasteiger charge is 2.29. The first-order chi connectivity index (χ1) is 9.88. The zero-order valence-corrected chi connectivity index (χ0v) is 13.7. The minimum Gasteiger partial charge on any atom is -0.393 e. The SMILES string of the molecule is CC1CCCCN1S(=O)(=O)Nc1ccc(CC(N)=S)cc1. The average molecular weight is 327 g/mol. The fraction of sp³-hybridized carbons (Fsp3) is 0.500. The zero-order valence-electron chi connectivity index (χ0n) is 12.1. The van der Waals surface area contributed by atoms with Crippen molar-refractivity contribution in [3.05, 3.63) is 29.8 Å². The maximum atomic E-state index is 12.4. The molecular weight excluding hydrogens is 306 g/mol. The summed E-state index contributed by atoms with van der Waals surface area (Å²) in [5, 5.41) is 0. The summed E-state index contributed by atoms with van der Waals surface area (Å²) in [6, 6.07) is 7.18. The van der Waals surface area contributed by atoms with Crippen LogP contribution in [0.25, 0.3) is 0 Å². The Morgan fingerprint density at radius 3 is 2.62 bits per heavy atom. The van der Waals surface area contributed by atoms with E-state index < -0.39 is 10.2 Å². The quantitative estimate of drug-likeness (QED) is 0.812. The van der Waals surface area contributed by atoms with Gasteiger partial charge in [-0.15, -0.1) is 0 Å². The van der Waals surface area contributed by atoms with Gasteiger partial charge >= 0.3 is 10.2 Å². The highest BCUT2D eigenvalue weighted by Crippen LogP contribution is 2.21. The van der Waals surface area contributed by atoms with Crippen LogP contribution < -0.4 is 10.5 Å². The van der Waals surface area contributed by atoms with Gasteiger partial charge in [0.2, 0.25) is 0 Å². The second kappa shape index (κ2) is 6.72. The Balaban J connectivity index is 2.07. The van der Waals surface area contributed by atoms with E-state index in [-0.39, 0.29) is 6.04 Å². The number of nitrogens with two attached hydrogens (primary N) is 1. The average Bonchev–Trinajstić information content (AvgIpc) is 2.40. The number of rotatable bonds is 5. The largest absolute Gasteiger partial charge is 0.393 e. The van der Waals surface area contributed by atoms with E-state index in [4.69, 9.17) is 18.0 Å². The van der Waals surface area contributed by atoms with Gasteiger partial charge in [0, 0.05) is 24.7 Å². The Bertz CT molecular complexity index is 599. The molecule has 0 saturated carbocycles. The van der Waals surface area contributed by atoms with Crippen molar-refractivity contribution in [3.8, 4) is 0 Å². The smallest absolute Gasteiger partial charge is 0.301 e. The highest BCUT2D eigenvalue weighted by atomic mass is 32.2. The standard InChI is InChI=1S/C14H21N3O2S2/c1-11-4-2-3-9-17(11)21(18,19)16-13-7-5-12(6-8-13)10-14(15)20/h5-8,11,16H,2-4,9-10H2,1H3,(H2,15,20). The summed E-state index contributed by atoms with van der Waals surface area (Å²) in [7, 11) is -3.49. The number of piperidine rings is 1. The first-order valence-electron chi connectivity index (χ1n) is 7.05.